The van der Waals surface area contributed by atoms with Crippen LogP contribution < -0.4 is 10.6 Å². The predicted molar refractivity (Wildman–Crippen MR) is 158 cm³/mol. The normalized spacial score (nSPS) is 13.4. The molecule has 0 spiro atoms. The van der Waals surface area contributed by atoms with Crippen LogP contribution >= 0.6 is 12.6 Å². The Bertz CT molecular complexity index is 1450. The van der Waals surface area contributed by atoms with Crippen LogP contribution in [-0.2, 0) is 27.2 Å². The fourth-order valence-electron chi connectivity index (χ4n) is 5.16. The number of amides is 2. The molecular weight excluding hydrogens is 520 g/mol. The predicted octanol–water partition coefficient (Wildman–Crippen LogP) is 5.32. The minimum Gasteiger partial charge on any atom is -0.449 e. The third-order valence-corrected chi connectivity index (χ3v) is 7.44. The average molecular weight is 551 g/mol. The quantitative estimate of drug-likeness (QED) is 0.233. The lowest BCUT2D eigenvalue weighted by molar-refractivity contribution is -0.126. The van der Waals surface area contributed by atoms with Crippen molar-refractivity contribution in [2.45, 2.75) is 30.8 Å². The van der Waals surface area contributed by atoms with Gasteiger partial charge in [-0.05, 0) is 33.4 Å². The van der Waals surface area contributed by atoms with Crippen molar-refractivity contribution in [2.24, 2.45) is 0 Å². The van der Waals surface area contributed by atoms with E-state index in [1.165, 1.54) is 0 Å². The molecule has 5 rings (SSSR count). The zero-order chi connectivity index (χ0) is 27.9. The van der Waals surface area contributed by atoms with Gasteiger partial charge in [-0.15, -0.1) is 12.6 Å². The van der Waals surface area contributed by atoms with Crippen molar-refractivity contribution < 1.29 is 19.1 Å². The van der Waals surface area contributed by atoms with E-state index < -0.39 is 29.2 Å². The molecule has 0 aliphatic heterocycles. The van der Waals surface area contributed by atoms with Gasteiger partial charge in [-0.1, -0.05) is 109 Å². The Hall–Kier alpha value is -4.36. The Kier molecular flexibility index (Phi) is 8.62. The van der Waals surface area contributed by atoms with Crippen LogP contribution in [-0.4, -0.2) is 35.8 Å². The molecule has 0 heterocycles. The molecule has 202 valence electrons. The van der Waals surface area contributed by atoms with E-state index >= 15 is 0 Å². The van der Waals surface area contributed by atoms with Gasteiger partial charge in [-0.3, -0.25) is 9.59 Å². The van der Waals surface area contributed by atoms with Gasteiger partial charge in [-0.25, -0.2) is 4.79 Å². The Morgan fingerprint density at radius 2 is 1.12 bits per heavy atom. The first-order chi connectivity index (χ1) is 19.5. The molecule has 0 radical (unpaired) electrons. The molecule has 1 aliphatic carbocycles. The van der Waals surface area contributed by atoms with Gasteiger partial charge in [-0.2, -0.15) is 0 Å². The van der Waals surface area contributed by atoms with E-state index in [2.05, 4.69) is 35.4 Å². The number of thiol groups is 1. The van der Waals surface area contributed by atoms with Gasteiger partial charge in [0.25, 0.3) is 0 Å². The number of carbonyl (C=O) groups excluding carboxylic acids is 3. The Morgan fingerprint density at radius 1 is 0.650 bits per heavy atom. The lowest BCUT2D eigenvalue weighted by Crippen LogP contribution is -2.52. The van der Waals surface area contributed by atoms with E-state index in [1.54, 1.807) is 0 Å². The largest absolute Gasteiger partial charge is 0.449 e. The molecule has 0 bridgehead atoms. The molecule has 0 fully saturated rings. The van der Waals surface area contributed by atoms with Crippen LogP contribution in [0.5, 0.6) is 0 Å². The number of hydrogen-bond acceptors (Lipinski definition) is 4. The van der Waals surface area contributed by atoms with E-state index in [0.29, 0.717) is 0 Å². The number of nitrogens with one attached hydrogen (secondary N) is 2. The lowest BCUT2D eigenvalue weighted by Gasteiger charge is -2.22. The summed E-state index contributed by atoms with van der Waals surface area (Å²) in [6, 6.07) is 33.2. The Balaban J connectivity index is 1.28. The third kappa shape index (κ3) is 6.43. The minimum absolute atomic E-state index is 0.100. The molecule has 0 aromatic heterocycles. The first-order valence-electron chi connectivity index (χ1n) is 13.2. The third-order valence-electron chi connectivity index (χ3n) is 7.13. The molecule has 0 unspecified atom stereocenters. The zero-order valence-electron chi connectivity index (χ0n) is 21.8. The number of hydrogen-bond donors (Lipinski definition) is 3. The van der Waals surface area contributed by atoms with Crippen LogP contribution in [0.25, 0.3) is 11.1 Å². The number of carbonyl (C=O) groups is 3. The van der Waals surface area contributed by atoms with Crippen molar-refractivity contribution in [3.63, 3.8) is 0 Å². The molecule has 2 atom stereocenters. The van der Waals surface area contributed by atoms with Crippen LogP contribution in [0.2, 0.25) is 0 Å². The fourth-order valence-corrected chi connectivity index (χ4v) is 5.32. The molecule has 4 aromatic carbocycles. The summed E-state index contributed by atoms with van der Waals surface area (Å²) in [6.07, 6.45) is -0.178. The number of ether oxygens (including phenoxy) is 1. The molecule has 7 heteroatoms. The van der Waals surface area contributed by atoms with Crippen molar-refractivity contribution in [1.82, 2.24) is 10.6 Å². The summed E-state index contributed by atoms with van der Waals surface area (Å²) in [5.74, 6) is -0.586. The minimum atomic E-state index is -0.955. The van der Waals surface area contributed by atoms with E-state index in [9.17, 15) is 14.4 Å². The fraction of sp³-hybridized carbons (Fsp3) is 0.182. The summed E-state index contributed by atoms with van der Waals surface area (Å²) >= 11 is 4.00. The van der Waals surface area contributed by atoms with Crippen molar-refractivity contribution in [3.05, 3.63) is 131 Å². The van der Waals surface area contributed by atoms with Gasteiger partial charge in [0.15, 0.2) is 0 Å². The highest BCUT2D eigenvalue weighted by atomic mass is 32.1. The standard InChI is InChI=1S/C33H30N2O4S/c36-31(34-30(32(37)40)20-23-13-5-2-6-14-23)29(19-22-11-3-1-4-12-22)35-33(38)39-21-28-26-17-9-7-15-24(26)25-16-8-10-18-27(25)28/h1-18,28-30H,19-21H2,(H,34,36)(H,35,38)(H,37,40)/t29-,30-/m0/s1. The monoisotopic (exact) mass is 550 g/mol. The molecular formula is C33H30N2O4S. The van der Waals surface area contributed by atoms with E-state index in [4.69, 9.17) is 4.74 Å². The maximum Gasteiger partial charge on any atom is 0.407 e. The van der Waals surface area contributed by atoms with Crippen molar-refractivity contribution in [2.75, 3.05) is 6.61 Å². The molecule has 2 N–H and O–H groups in total. The van der Waals surface area contributed by atoms with Gasteiger partial charge >= 0.3 is 6.09 Å². The summed E-state index contributed by atoms with van der Waals surface area (Å²) < 4.78 is 5.69. The van der Waals surface area contributed by atoms with Gasteiger partial charge in [0.1, 0.15) is 18.7 Å². The van der Waals surface area contributed by atoms with E-state index in [0.717, 1.165) is 33.4 Å². The van der Waals surface area contributed by atoms with Gasteiger partial charge in [0.05, 0.1) is 0 Å². The van der Waals surface area contributed by atoms with Crippen LogP contribution in [0.3, 0.4) is 0 Å². The molecule has 2 amide bonds. The number of benzene rings is 4. The summed E-state index contributed by atoms with van der Waals surface area (Å²) in [7, 11) is 0. The van der Waals surface area contributed by atoms with E-state index in [-0.39, 0.29) is 25.4 Å². The Labute approximate surface area is 239 Å². The first-order valence-corrected chi connectivity index (χ1v) is 13.7. The molecule has 4 aromatic rings. The lowest BCUT2D eigenvalue weighted by atomic mass is 9.98. The van der Waals surface area contributed by atoms with Crippen LogP contribution in [0, 0.1) is 0 Å². The molecule has 0 saturated carbocycles. The maximum atomic E-state index is 13.4. The topological polar surface area (TPSA) is 84.5 Å². The number of fused-ring (bicyclic) bond motifs is 3. The molecule has 40 heavy (non-hydrogen) atoms. The highest BCUT2D eigenvalue weighted by molar-refractivity contribution is 7.96. The summed E-state index contributed by atoms with van der Waals surface area (Å²) in [5.41, 5.74) is 6.22. The van der Waals surface area contributed by atoms with E-state index in [1.807, 2.05) is 97.1 Å². The van der Waals surface area contributed by atoms with Crippen LogP contribution in [0.15, 0.2) is 109 Å². The van der Waals surface area contributed by atoms with Gasteiger partial charge in [0.2, 0.25) is 11.0 Å². The summed E-state index contributed by atoms with van der Waals surface area (Å²) in [4.78, 5) is 38.7. The first kappa shape index (κ1) is 27.2. The molecule has 0 saturated heterocycles. The second-order valence-corrected chi connectivity index (χ2v) is 10.2. The molecule has 1 aliphatic rings. The van der Waals surface area contributed by atoms with Crippen LogP contribution in [0.1, 0.15) is 28.2 Å². The Morgan fingerprint density at radius 3 is 1.65 bits per heavy atom. The van der Waals surface area contributed by atoms with Crippen molar-refractivity contribution in [3.8, 4) is 11.1 Å². The SMILES string of the molecule is O=C(N[C@@H](Cc1ccccc1)C(=O)N[C@@H](Cc1ccccc1)C(=O)S)OCC1c2ccccc2-c2ccccc21. The van der Waals surface area contributed by atoms with Gasteiger partial charge < -0.3 is 15.4 Å². The molecule has 6 nitrogen and oxygen atoms in total. The van der Waals surface area contributed by atoms with Crippen molar-refractivity contribution in [1.29, 1.82) is 0 Å². The zero-order valence-corrected chi connectivity index (χ0v) is 22.7. The smallest absolute Gasteiger partial charge is 0.407 e. The second kappa shape index (κ2) is 12.7. The number of alkyl carbamates (subject to hydrolysis) is 1. The second-order valence-electron chi connectivity index (χ2n) is 9.80. The summed E-state index contributed by atoms with van der Waals surface area (Å²) in [6.45, 7) is 0.130. The number of rotatable bonds is 10. The summed E-state index contributed by atoms with van der Waals surface area (Å²) in [5, 5.41) is 5.05. The highest BCUT2D eigenvalue weighted by Crippen LogP contribution is 2.44. The van der Waals surface area contributed by atoms with Crippen molar-refractivity contribution >= 4 is 29.7 Å². The van der Waals surface area contributed by atoms with Crippen LogP contribution in [0.4, 0.5) is 4.79 Å². The average Bonchev–Trinajstić information content (AvgIpc) is 3.30. The maximum absolute atomic E-state index is 13.4. The van der Waals surface area contributed by atoms with Gasteiger partial charge in [0, 0.05) is 18.8 Å². The highest BCUT2D eigenvalue weighted by Gasteiger charge is 2.30.